The molecule has 4 heteroatoms. The minimum absolute atomic E-state index is 0.157. The van der Waals surface area contributed by atoms with Crippen LogP contribution < -0.4 is 0 Å². The molecule has 0 unspecified atom stereocenters. The molecule has 0 N–H and O–H groups in total. The molecule has 0 amide bonds. The summed E-state index contributed by atoms with van der Waals surface area (Å²) in [5.41, 5.74) is 4.61. The number of carbonyl (C=O) groups is 1. The van der Waals surface area contributed by atoms with Crippen LogP contribution in [-0.4, -0.2) is 20.4 Å². The summed E-state index contributed by atoms with van der Waals surface area (Å²) in [4.78, 5) is 12.5. The van der Waals surface area contributed by atoms with Gasteiger partial charge >= 0.3 is 0 Å². The normalized spacial score (nSPS) is 14.0. The Balaban J connectivity index is 1.99. The number of hydrogen-bond donors (Lipinski definition) is 0. The predicted octanol–water partition coefficient (Wildman–Crippen LogP) is 2.96. The molecule has 2 heterocycles. The van der Waals surface area contributed by atoms with Gasteiger partial charge < -0.3 is 0 Å². The number of benzene rings is 1. The van der Waals surface area contributed by atoms with Gasteiger partial charge in [-0.3, -0.25) is 9.20 Å². The summed E-state index contributed by atoms with van der Waals surface area (Å²) in [5, 5.41) is 8.45. The summed E-state index contributed by atoms with van der Waals surface area (Å²) in [6, 6.07) is 13.7. The molecule has 4 nitrogen and oxygen atoms in total. The third-order valence-electron chi connectivity index (χ3n) is 4.09. The van der Waals surface area contributed by atoms with Crippen LogP contribution in [0.3, 0.4) is 0 Å². The van der Waals surface area contributed by atoms with Crippen molar-refractivity contribution in [2.75, 3.05) is 0 Å². The number of fused-ring (bicyclic) bond motifs is 3. The largest absolute Gasteiger partial charge is 0.294 e. The number of pyridine rings is 1. The second-order valence-corrected chi connectivity index (χ2v) is 5.43. The molecule has 0 fully saturated rings. The van der Waals surface area contributed by atoms with Crippen LogP contribution in [0.15, 0.2) is 42.5 Å². The monoisotopic (exact) mass is 289 g/mol. The number of ketones is 1. The van der Waals surface area contributed by atoms with Gasteiger partial charge in [-0.25, -0.2) is 0 Å². The van der Waals surface area contributed by atoms with E-state index in [1.165, 1.54) is 0 Å². The number of aromatic nitrogens is 3. The van der Waals surface area contributed by atoms with E-state index < -0.39 is 0 Å². The van der Waals surface area contributed by atoms with E-state index in [0.717, 1.165) is 40.3 Å². The summed E-state index contributed by atoms with van der Waals surface area (Å²) in [6.45, 7) is 2.06. The highest BCUT2D eigenvalue weighted by Gasteiger charge is 2.22. The SMILES string of the molecule is CCc1nnc2ccc3c(n12)C=C(c1ccccc1)C(=O)C3. The second kappa shape index (κ2) is 4.91. The standard InChI is InChI=1S/C18H15N3O/c1-2-17-19-20-18-9-8-13-10-16(22)14(11-15(13)21(17)18)12-6-4-3-5-7-12/h3-9,11H,2,10H2,1H3. The lowest BCUT2D eigenvalue weighted by atomic mass is 9.90. The summed E-state index contributed by atoms with van der Waals surface area (Å²) < 4.78 is 2.06. The third kappa shape index (κ3) is 1.88. The van der Waals surface area contributed by atoms with Gasteiger partial charge in [0.15, 0.2) is 11.4 Å². The Hall–Kier alpha value is -2.75. The lowest BCUT2D eigenvalue weighted by molar-refractivity contribution is -0.113. The van der Waals surface area contributed by atoms with Gasteiger partial charge in [-0.1, -0.05) is 43.3 Å². The van der Waals surface area contributed by atoms with Gasteiger partial charge in [-0.2, -0.15) is 0 Å². The summed E-state index contributed by atoms with van der Waals surface area (Å²) in [7, 11) is 0. The van der Waals surface area contributed by atoms with Crippen LogP contribution in [0.4, 0.5) is 0 Å². The highest BCUT2D eigenvalue weighted by atomic mass is 16.1. The van der Waals surface area contributed by atoms with E-state index >= 15 is 0 Å². The highest BCUT2D eigenvalue weighted by Crippen LogP contribution is 2.29. The average Bonchev–Trinajstić information content (AvgIpc) is 2.98. The number of nitrogens with zero attached hydrogens (tertiary/aromatic N) is 3. The van der Waals surface area contributed by atoms with Gasteiger partial charge in [-0.05, 0) is 23.3 Å². The van der Waals surface area contributed by atoms with Crippen molar-refractivity contribution >= 4 is 23.1 Å². The number of rotatable bonds is 2. The van der Waals surface area contributed by atoms with Crippen LogP contribution >= 0.6 is 0 Å². The molecule has 4 rings (SSSR count). The van der Waals surface area contributed by atoms with Gasteiger partial charge in [0, 0.05) is 18.4 Å². The van der Waals surface area contributed by atoms with E-state index in [1.807, 2.05) is 48.5 Å². The van der Waals surface area contributed by atoms with E-state index in [9.17, 15) is 4.79 Å². The second-order valence-electron chi connectivity index (χ2n) is 5.43. The maximum absolute atomic E-state index is 12.5. The van der Waals surface area contributed by atoms with Crippen molar-refractivity contribution in [2.24, 2.45) is 0 Å². The number of carbonyl (C=O) groups excluding carboxylic acids is 1. The van der Waals surface area contributed by atoms with Crippen molar-refractivity contribution in [2.45, 2.75) is 19.8 Å². The molecule has 0 saturated heterocycles. The summed E-state index contributed by atoms with van der Waals surface area (Å²) in [5.74, 6) is 1.08. The van der Waals surface area contributed by atoms with E-state index in [1.54, 1.807) is 0 Å². The van der Waals surface area contributed by atoms with Gasteiger partial charge in [0.05, 0.1) is 5.69 Å². The van der Waals surface area contributed by atoms with Gasteiger partial charge in [0.2, 0.25) is 0 Å². The number of Topliss-reactive ketones (excluding diaryl/α,β-unsaturated/α-hetero) is 1. The molecule has 2 aromatic heterocycles. The molecule has 108 valence electrons. The van der Waals surface area contributed by atoms with Crippen molar-refractivity contribution in [1.29, 1.82) is 0 Å². The molecule has 0 aliphatic heterocycles. The summed E-state index contributed by atoms with van der Waals surface area (Å²) >= 11 is 0. The van der Waals surface area contributed by atoms with Gasteiger partial charge in [0.1, 0.15) is 5.82 Å². The van der Waals surface area contributed by atoms with Crippen LogP contribution in [0.25, 0.3) is 17.3 Å². The molecular weight excluding hydrogens is 274 g/mol. The Kier molecular flexibility index (Phi) is 2.89. The zero-order chi connectivity index (χ0) is 15.1. The molecule has 1 aromatic carbocycles. The summed E-state index contributed by atoms with van der Waals surface area (Å²) in [6.07, 6.45) is 3.21. The minimum Gasteiger partial charge on any atom is -0.294 e. The number of allylic oxidation sites excluding steroid dienone is 1. The maximum atomic E-state index is 12.5. The predicted molar refractivity (Wildman–Crippen MR) is 85.4 cm³/mol. The van der Waals surface area contributed by atoms with Crippen molar-refractivity contribution in [3.8, 4) is 0 Å². The molecular formula is C18H15N3O. The van der Waals surface area contributed by atoms with Gasteiger partial charge in [-0.15, -0.1) is 10.2 Å². The quantitative estimate of drug-likeness (QED) is 0.728. The van der Waals surface area contributed by atoms with E-state index in [4.69, 9.17) is 0 Å². The minimum atomic E-state index is 0.157. The van der Waals surface area contributed by atoms with Crippen molar-refractivity contribution in [3.63, 3.8) is 0 Å². The molecule has 0 saturated carbocycles. The first-order chi connectivity index (χ1) is 10.8. The molecule has 22 heavy (non-hydrogen) atoms. The fourth-order valence-corrected chi connectivity index (χ4v) is 2.99. The zero-order valence-corrected chi connectivity index (χ0v) is 12.3. The van der Waals surface area contributed by atoms with Crippen molar-refractivity contribution in [1.82, 2.24) is 14.6 Å². The zero-order valence-electron chi connectivity index (χ0n) is 12.3. The van der Waals surface area contributed by atoms with E-state index in [2.05, 4.69) is 21.5 Å². The first-order valence-corrected chi connectivity index (χ1v) is 7.44. The molecule has 0 bridgehead atoms. The smallest absolute Gasteiger partial charge is 0.167 e. The highest BCUT2D eigenvalue weighted by molar-refractivity contribution is 6.27. The Morgan fingerprint density at radius 3 is 2.68 bits per heavy atom. The van der Waals surface area contributed by atoms with Crippen LogP contribution in [-0.2, 0) is 17.6 Å². The van der Waals surface area contributed by atoms with Gasteiger partial charge in [0.25, 0.3) is 0 Å². The molecule has 0 spiro atoms. The molecule has 1 aliphatic carbocycles. The fourth-order valence-electron chi connectivity index (χ4n) is 2.99. The number of hydrogen-bond acceptors (Lipinski definition) is 3. The molecule has 3 aromatic rings. The van der Waals surface area contributed by atoms with Crippen LogP contribution in [0, 0.1) is 0 Å². The first-order valence-electron chi connectivity index (χ1n) is 7.44. The third-order valence-corrected chi connectivity index (χ3v) is 4.09. The Morgan fingerprint density at radius 1 is 1.09 bits per heavy atom. The Bertz CT molecular complexity index is 907. The average molecular weight is 289 g/mol. The Labute approximate surface area is 128 Å². The molecule has 1 aliphatic rings. The van der Waals surface area contributed by atoms with E-state index in [0.29, 0.717) is 6.42 Å². The van der Waals surface area contributed by atoms with Crippen molar-refractivity contribution in [3.05, 3.63) is 65.1 Å². The van der Waals surface area contributed by atoms with E-state index in [-0.39, 0.29) is 5.78 Å². The Morgan fingerprint density at radius 2 is 1.91 bits per heavy atom. The lowest BCUT2D eigenvalue weighted by Crippen LogP contribution is -2.14. The van der Waals surface area contributed by atoms with Crippen LogP contribution in [0.1, 0.15) is 29.6 Å². The maximum Gasteiger partial charge on any atom is 0.167 e. The fraction of sp³-hybridized carbons (Fsp3) is 0.167. The van der Waals surface area contributed by atoms with Crippen molar-refractivity contribution < 1.29 is 4.79 Å². The van der Waals surface area contributed by atoms with Crippen LogP contribution in [0.2, 0.25) is 0 Å². The number of aryl methyl sites for hydroxylation is 1. The topological polar surface area (TPSA) is 47.3 Å². The lowest BCUT2D eigenvalue weighted by Gasteiger charge is -2.17. The first kappa shape index (κ1) is 13.0. The molecule has 0 atom stereocenters. The molecule has 0 radical (unpaired) electrons. The van der Waals surface area contributed by atoms with Crippen LogP contribution in [0.5, 0.6) is 0 Å².